The van der Waals surface area contributed by atoms with Crippen molar-refractivity contribution < 1.29 is 9.53 Å². The summed E-state index contributed by atoms with van der Waals surface area (Å²) in [6.45, 7) is 4.29. The molecular weight excluding hydrogens is 264 g/mol. The van der Waals surface area contributed by atoms with Gasteiger partial charge in [-0.3, -0.25) is 4.79 Å². The van der Waals surface area contributed by atoms with Crippen LogP contribution in [-0.4, -0.2) is 36.5 Å². The van der Waals surface area contributed by atoms with Crippen LogP contribution < -0.4 is 5.73 Å². The highest BCUT2D eigenvalue weighted by molar-refractivity contribution is 5.80. The molecule has 0 aliphatic carbocycles. The van der Waals surface area contributed by atoms with Gasteiger partial charge in [0.15, 0.2) is 0 Å². The van der Waals surface area contributed by atoms with E-state index in [2.05, 4.69) is 31.2 Å². The lowest BCUT2D eigenvalue weighted by molar-refractivity contribution is -0.144. The van der Waals surface area contributed by atoms with E-state index in [1.165, 1.54) is 5.56 Å². The molecule has 4 heteroatoms. The lowest BCUT2D eigenvalue weighted by Gasteiger charge is -2.33. The van der Waals surface area contributed by atoms with Gasteiger partial charge in [0.05, 0.1) is 12.0 Å². The first-order valence-corrected chi connectivity index (χ1v) is 7.87. The molecule has 2 aliphatic rings. The zero-order valence-electron chi connectivity index (χ0n) is 12.6. The fourth-order valence-corrected chi connectivity index (χ4v) is 3.34. The average Bonchev–Trinajstić information content (AvgIpc) is 2.94. The number of rotatable bonds is 2. The van der Waals surface area contributed by atoms with Gasteiger partial charge in [-0.05, 0) is 31.7 Å². The van der Waals surface area contributed by atoms with Gasteiger partial charge in [-0.2, -0.15) is 0 Å². The molecule has 1 aromatic rings. The van der Waals surface area contributed by atoms with Crippen molar-refractivity contribution in [2.24, 2.45) is 11.7 Å². The van der Waals surface area contributed by atoms with Crippen LogP contribution in [0.5, 0.6) is 0 Å². The van der Waals surface area contributed by atoms with E-state index in [0.717, 1.165) is 38.0 Å². The maximum atomic E-state index is 12.8. The molecule has 4 nitrogen and oxygen atoms in total. The van der Waals surface area contributed by atoms with Crippen molar-refractivity contribution in [3.8, 4) is 0 Å². The summed E-state index contributed by atoms with van der Waals surface area (Å²) in [7, 11) is 0. The van der Waals surface area contributed by atoms with Crippen molar-refractivity contribution >= 4 is 5.91 Å². The van der Waals surface area contributed by atoms with Gasteiger partial charge in [0.2, 0.25) is 5.91 Å². The third kappa shape index (κ3) is 3.11. The van der Waals surface area contributed by atoms with E-state index < -0.39 is 0 Å². The van der Waals surface area contributed by atoms with Gasteiger partial charge in [0.1, 0.15) is 0 Å². The summed E-state index contributed by atoms with van der Waals surface area (Å²) in [5, 5.41) is 0. The highest BCUT2D eigenvalue weighted by atomic mass is 16.5. The molecule has 0 unspecified atom stereocenters. The summed E-state index contributed by atoms with van der Waals surface area (Å²) < 4.78 is 5.95. The Labute approximate surface area is 126 Å². The summed E-state index contributed by atoms with van der Waals surface area (Å²) in [5.41, 5.74) is 8.27. The first kappa shape index (κ1) is 14.5. The van der Waals surface area contributed by atoms with Crippen molar-refractivity contribution in [3.63, 3.8) is 0 Å². The van der Waals surface area contributed by atoms with E-state index in [1.54, 1.807) is 0 Å². The molecule has 1 amide bonds. The maximum Gasteiger partial charge on any atom is 0.228 e. The highest BCUT2D eigenvalue weighted by Gasteiger charge is 2.37. The summed E-state index contributed by atoms with van der Waals surface area (Å²) in [5.74, 6) is 0.153. The zero-order chi connectivity index (χ0) is 14.8. The number of carbonyl (C=O) groups is 1. The molecule has 21 heavy (non-hydrogen) atoms. The van der Waals surface area contributed by atoms with Crippen LogP contribution in [0.1, 0.15) is 36.5 Å². The van der Waals surface area contributed by atoms with Crippen LogP contribution in [0.2, 0.25) is 0 Å². The molecule has 114 valence electrons. The van der Waals surface area contributed by atoms with E-state index in [-0.39, 0.29) is 24.0 Å². The molecule has 2 heterocycles. The maximum absolute atomic E-state index is 12.8. The molecule has 2 N–H and O–H groups in total. The standard InChI is InChI=1S/C17H24N2O2/c1-12-4-6-13(7-5-12)16-15(3-2-10-21-16)17(20)19-9-8-14(18)11-19/h4-7,14-16H,2-3,8-11,18H2,1H3/t14-,15+,16-/m0/s1. The fourth-order valence-electron chi connectivity index (χ4n) is 3.34. The quantitative estimate of drug-likeness (QED) is 0.906. The van der Waals surface area contributed by atoms with Crippen molar-refractivity contribution in [3.05, 3.63) is 35.4 Å². The number of nitrogens with zero attached hydrogens (tertiary/aromatic N) is 1. The largest absolute Gasteiger partial charge is 0.373 e. The Bertz CT molecular complexity index is 500. The smallest absolute Gasteiger partial charge is 0.228 e. The molecule has 0 radical (unpaired) electrons. The summed E-state index contributed by atoms with van der Waals surface area (Å²) in [6, 6.07) is 8.47. The molecular formula is C17H24N2O2. The summed E-state index contributed by atoms with van der Waals surface area (Å²) >= 11 is 0. The Kier molecular flexibility index (Phi) is 4.27. The van der Waals surface area contributed by atoms with Gasteiger partial charge in [-0.1, -0.05) is 29.8 Å². The molecule has 1 aromatic carbocycles. The van der Waals surface area contributed by atoms with Gasteiger partial charge >= 0.3 is 0 Å². The van der Waals surface area contributed by atoms with Crippen LogP contribution in [0, 0.1) is 12.8 Å². The highest BCUT2D eigenvalue weighted by Crippen LogP contribution is 2.35. The molecule has 2 saturated heterocycles. The number of carbonyl (C=O) groups excluding carboxylic acids is 1. The van der Waals surface area contributed by atoms with Gasteiger partial charge < -0.3 is 15.4 Å². The molecule has 0 aromatic heterocycles. The molecule has 2 aliphatic heterocycles. The Morgan fingerprint density at radius 1 is 1.29 bits per heavy atom. The Balaban J connectivity index is 1.78. The molecule has 3 atom stereocenters. The van der Waals surface area contributed by atoms with Crippen molar-refractivity contribution in [1.29, 1.82) is 0 Å². The van der Waals surface area contributed by atoms with E-state index in [9.17, 15) is 4.79 Å². The van der Waals surface area contributed by atoms with Gasteiger partial charge in [-0.25, -0.2) is 0 Å². The molecule has 0 saturated carbocycles. The second-order valence-corrected chi connectivity index (χ2v) is 6.28. The second-order valence-electron chi connectivity index (χ2n) is 6.28. The third-order valence-corrected chi connectivity index (χ3v) is 4.58. The van der Waals surface area contributed by atoms with Gasteiger partial charge in [0.25, 0.3) is 0 Å². The zero-order valence-corrected chi connectivity index (χ0v) is 12.6. The average molecular weight is 288 g/mol. The SMILES string of the molecule is Cc1ccc([C@@H]2OCCC[C@H]2C(=O)N2CC[C@H](N)C2)cc1. The normalized spacial score (nSPS) is 29.6. The minimum Gasteiger partial charge on any atom is -0.373 e. The lowest BCUT2D eigenvalue weighted by atomic mass is 9.88. The van der Waals surface area contributed by atoms with Crippen molar-refractivity contribution in [2.75, 3.05) is 19.7 Å². The van der Waals surface area contributed by atoms with Gasteiger partial charge in [-0.15, -0.1) is 0 Å². The van der Waals surface area contributed by atoms with E-state index in [1.807, 2.05) is 4.90 Å². The van der Waals surface area contributed by atoms with E-state index in [4.69, 9.17) is 10.5 Å². The first-order valence-electron chi connectivity index (χ1n) is 7.87. The topological polar surface area (TPSA) is 55.6 Å². The van der Waals surface area contributed by atoms with Crippen molar-refractivity contribution in [1.82, 2.24) is 4.90 Å². The number of hydrogen-bond donors (Lipinski definition) is 1. The first-order chi connectivity index (χ1) is 10.1. The van der Waals surface area contributed by atoms with Crippen LogP contribution in [0.3, 0.4) is 0 Å². The predicted molar refractivity (Wildman–Crippen MR) is 81.8 cm³/mol. The van der Waals surface area contributed by atoms with Crippen LogP contribution in [0.25, 0.3) is 0 Å². The number of nitrogens with two attached hydrogens (primary N) is 1. The van der Waals surface area contributed by atoms with E-state index in [0.29, 0.717) is 6.54 Å². The number of aryl methyl sites for hydroxylation is 1. The third-order valence-electron chi connectivity index (χ3n) is 4.58. The molecule has 2 fully saturated rings. The number of ether oxygens (including phenoxy) is 1. The fraction of sp³-hybridized carbons (Fsp3) is 0.588. The van der Waals surface area contributed by atoms with E-state index >= 15 is 0 Å². The molecule has 0 spiro atoms. The van der Waals surface area contributed by atoms with Crippen LogP contribution in [0.4, 0.5) is 0 Å². The molecule has 0 bridgehead atoms. The Morgan fingerprint density at radius 3 is 2.71 bits per heavy atom. The summed E-state index contributed by atoms with van der Waals surface area (Å²) in [6.07, 6.45) is 2.67. The minimum absolute atomic E-state index is 0.0632. The van der Waals surface area contributed by atoms with Gasteiger partial charge in [0, 0.05) is 25.7 Å². The number of likely N-dealkylation sites (tertiary alicyclic amines) is 1. The lowest BCUT2D eigenvalue weighted by Crippen LogP contribution is -2.40. The Hall–Kier alpha value is -1.39. The van der Waals surface area contributed by atoms with Crippen LogP contribution in [0.15, 0.2) is 24.3 Å². The second kappa shape index (κ2) is 6.16. The minimum atomic E-state index is -0.108. The number of hydrogen-bond acceptors (Lipinski definition) is 3. The monoisotopic (exact) mass is 288 g/mol. The number of benzene rings is 1. The van der Waals surface area contributed by atoms with Crippen LogP contribution in [-0.2, 0) is 9.53 Å². The van der Waals surface area contributed by atoms with Crippen LogP contribution >= 0.6 is 0 Å². The predicted octanol–water partition coefficient (Wildman–Crippen LogP) is 2.02. The Morgan fingerprint density at radius 2 is 2.05 bits per heavy atom. The number of amides is 1. The summed E-state index contributed by atoms with van der Waals surface area (Å²) in [4.78, 5) is 14.7. The van der Waals surface area contributed by atoms with Crippen molar-refractivity contribution in [2.45, 2.75) is 38.3 Å². The molecule has 3 rings (SSSR count).